The number of carbonyl (C=O) groups is 4. The van der Waals surface area contributed by atoms with Gasteiger partial charge in [0.1, 0.15) is 11.6 Å². The minimum atomic E-state index is -4.06. The monoisotopic (exact) mass is 511 g/mol. The van der Waals surface area contributed by atoms with Crippen LogP contribution >= 0.6 is 0 Å². The number of hydrogen-bond donors (Lipinski definition) is 4. The number of rotatable bonds is 5. The van der Waals surface area contributed by atoms with E-state index in [0.29, 0.717) is 51.5 Å². The Kier molecular flexibility index (Phi) is 7.36. The van der Waals surface area contributed by atoms with E-state index < -0.39 is 51.7 Å². The van der Waals surface area contributed by atoms with Crippen LogP contribution in [-0.4, -0.2) is 67.4 Å². The first-order valence-corrected chi connectivity index (χ1v) is 13.7. The molecule has 2 saturated carbocycles. The lowest BCUT2D eigenvalue weighted by molar-refractivity contribution is -0.146. The van der Waals surface area contributed by atoms with Gasteiger partial charge in [-0.1, -0.05) is 18.6 Å². The highest BCUT2D eigenvalue weighted by Gasteiger charge is 2.61. The first kappa shape index (κ1) is 25.4. The smallest absolute Gasteiger partial charge is 0.405 e. The fourth-order valence-corrected chi connectivity index (χ4v) is 6.00. The summed E-state index contributed by atoms with van der Waals surface area (Å²) in [5.74, 6) is -2.19. The van der Waals surface area contributed by atoms with E-state index in [-0.39, 0.29) is 18.4 Å². The average molecular weight is 512 g/mol. The Bertz CT molecular complexity index is 1010. The van der Waals surface area contributed by atoms with Gasteiger partial charge in [-0.2, -0.15) is 13.1 Å². The van der Waals surface area contributed by atoms with Crippen molar-refractivity contribution in [1.29, 1.82) is 0 Å². The molecule has 12 nitrogen and oxygen atoms in total. The molecule has 2 aliphatic carbocycles. The molecule has 194 valence electrons. The van der Waals surface area contributed by atoms with Gasteiger partial charge in [0.05, 0.1) is 0 Å². The highest BCUT2D eigenvalue weighted by Crippen LogP contribution is 2.45. The molecule has 4 aliphatic rings. The predicted molar refractivity (Wildman–Crippen MR) is 124 cm³/mol. The van der Waals surface area contributed by atoms with Crippen molar-refractivity contribution in [3.05, 3.63) is 12.2 Å². The van der Waals surface area contributed by atoms with Crippen LogP contribution < -0.4 is 20.5 Å². The van der Waals surface area contributed by atoms with E-state index in [0.717, 1.165) is 12.8 Å². The molecule has 1 saturated heterocycles. The molecule has 3 fully saturated rings. The maximum absolute atomic E-state index is 13.3. The predicted octanol–water partition coefficient (Wildman–Crippen LogP) is -0.0505. The van der Waals surface area contributed by atoms with Crippen molar-refractivity contribution in [3.63, 3.8) is 0 Å². The summed E-state index contributed by atoms with van der Waals surface area (Å²) in [5.41, 5.74) is 3.76. The van der Waals surface area contributed by atoms with Gasteiger partial charge >= 0.3 is 16.3 Å². The molecule has 0 aromatic rings. The number of ether oxygens (including phenoxy) is 1. The number of amides is 4. The number of primary amides is 1. The van der Waals surface area contributed by atoms with Gasteiger partial charge in [-0.3, -0.25) is 14.4 Å². The molecule has 35 heavy (non-hydrogen) atoms. The van der Waals surface area contributed by atoms with Crippen LogP contribution in [-0.2, 0) is 29.3 Å². The first-order chi connectivity index (χ1) is 16.6. The van der Waals surface area contributed by atoms with E-state index in [4.69, 9.17) is 10.5 Å². The van der Waals surface area contributed by atoms with Gasteiger partial charge in [0.2, 0.25) is 5.91 Å². The van der Waals surface area contributed by atoms with Gasteiger partial charge in [0.15, 0.2) is 6.10 Å². The maximum atomic E-state index is 13.3. The van der Waals surface area contributed by atoms with E-state index in [2.05, 4.69) is 14.8 Å². The van der Waals surface area contributed by atoms with Crippen molar-refractivity contribution in [2.24, 2.45) is 11.7 Å². The topological polar surface area (TPSA) is 177 Å². The van der Waals surface area contributed by atoms with Gasteiger partial charge in [-0.25, -0.2) is 9.52 Å². The molecule has 0 bridgehead atoms. The number of nitrogens with two attached hydrogens (primary N) is 1. The Morgan fingerprint density at radius 2 is 1.89 bits per heavy atom. The quantitative estimate of drug-likeness (QED) is 0.374. The maximum Gasteiger partial charge on any atom is 0.405 e. The highest BCUT2D eigenvalue weighted by molar-refractivity contribution is 7.88. The Balaban J connectivity index is 1.55. The molecule has 0 aromatic heterocycles. The largest absolute Gasteiger partial charge is 0.436 e. The molecule has 0 spiro atoms. The fraction of sp³-hybridized carbons (Fsp3) is 0.727. The number of fused-ring (bicyclic) bond motifs is 2. The molecule has 4 amide bonds. The van der Waals surface area contributed by atoms with Gasteiger partial charge in [0.25, 0.3) is 11.8 Å². The molecule has 0 aromatic carbocycles. The van der Waals surface area contributed by atoms with Crippen LogP contribution in [0.25, 0.3) is 0 Å². The molecular weight excluding hydrogens is 478 g/mol. The van der Waals surface area contributed by atoms with Gasteiger partial charge < -0.3 is 20.7 Å². The summed E-state index contributed by atoms with van der Waals surface area (Å²) < 4.78 is 34.2. The van der Waals surface area contributed by atoms with Crippen LogP contribution in [0, 0.1) is 5.92 Å². The van der Waals surface area contributed by atoms with Crippen molar-refractivity contribution in [1.82, 2.24) is 19.7 Å². The third kappa shape index (κ3) is 6.13. The second-order valence-electron chi connectivity index (χ2n) is 9.78. The average Bonchev–Trinajstić information content (AvgIpc) is 3.66. The lowest BCUT2D eigenvalue weighted by atomic mass is 10.1. The minimum absolute atomic E-state index is 0.177. The van der Waals surface area contributed by atoms with Crippen molar-refractivity contribution in [3.8, 4) is 0 Å². The number of hydrogen-bond acceptors (Lipinski definition) is 7. The minimum Gasteiger partial charge on any atom is -0.436 e. The van der Waals surface area contributed by atoms with Crippen LogP contribution in [0.3, 0.4) is 0 Å². The Hall–Kier alpha value is -2.67. The normalized spacial score (nSPS) is 31.9. The van der Waals surface area contributed by atoms with E-state index in [1.165, 1.54) is 4.90 Å². The summed E-state index contributed by atoms with van der Waals surface area (Å²) >= 11 is 0. The summed E-state index contributed by atoms with van der Waals surface area (Å²) in [6.45, 7) is 0.303. The van der Waals surface area contributed by atoms with Crippen LogP contribution in [0.5, 0.6) is 0 Å². The molecular formula is C22H33N5O7S. The number of nitrogens with one attached hydrogen (secondary N) is 3. The molecule has 4 atom stereocenters. The van der Waals surface area contributed by atoms with E-state index in [9.17, 15) is 27.6 Å². The van der Waals surface area contributed by atoms with Gasteiger partial charge in [-0.05, 0) is 57.8 Å². The third-order valence-electron chi connectivity index (χ3n) is 6.97. The van der Waals surface area contributed by atoms with Gasteiger partial charge in [0, 0.05) is 18.5 Å². The highest BCUT2D eigenvalue weighted by atomic mass is 32.2. The Morgan fingerprint density at radius 3 is 2.60 bits per heavy atom. The molecule has 13 heteroatoms. The number of allylic oxidation sites excluding steroid dienone is 1. The van der Waals surface area contributed by atoms with E-state index in [1.54, 1.807) is 0 Å². The van der Waals surface area contributed by atoms with Crippen molar-refractivity contribution < 1.29 is 32.3 Å². The Morgan fingerprint density at radius 1 is 1.11 bits per heavy atom. The summed E-state index contributed by atoms with van der Waals surface area (Å²) in [4.78, 5) is 52.4. The molecule has 4 unspecified atom stereocenters. The molecule has 5 N–H and O–H groups in total. The lowest BCUT2D eigenvalue weighted by Crippen LogP contribution is -2.58. The second-order valence-corrected chi connectivity index (χ2v) is 11.2. The molecule has 4 rings (SSSR count). The zero-order valence-corrected chi connectivity index (χ0v) is 20.3. The summed E-state index contributed by atoms with van der Waals surface area (Å²) in [7, 11) is -4.06. The van der Waals surface area contributed by atoms with Crippen LogP contribution in [0.4, 0.5) is 4.79 Å². The van der Waals surface area contributed by atoms with Crippen molar-refractivity contribution in [2.45, 2.75) is 87.9 Å². The second kappa shape index (κ2) is 10.1. The van der Waals surface area contributed by atoms with E-state index >= 15 is 0 Å². The first-order valence-electron chi connectivity index (χ1n) is 12.2. The van der Waals surface area contributed by atoms with Gasteiger partial charge in [-0.15, -0.1) is 0 Å². The van der Waals surface area contributed by atoms with E-state index in [1.807, 2.05) is 12.2 Å². The summed E-state index contributed by atoms with van der Waals surface area (Å²) in [6.07, 6.45) is 7.54. The van der Waals surface area contributed by atoms with Crippen LogP contribution in [0.2, 0.25) is 0 Å². The summed E-state index contributed by atoms with van der Waals surface area (Å²) in [6, 6.07) is -1.04. The number of nitrogens with zero attached hydrogens (tertiary/aromatic N) is 1. The zero-order valence-electron chi connectivity index (χ0n) is 19.5. The standard InChI is InChI=1S/C22H33N5O7S/c23-21(31)34-17-9-5-3-1-2-4-7-14-13-22(14,20(30)26-35(32,33)25-15-10-11-15)24-18(28)16-8-6-12-27(16)19(17)29/h4,7,14-17,25H,1-3,5-6,8-13H2,(H2,23,31)(H,24,28)(H,26,30). The molecule has 2 heterocycles. The Labute approximate surface area is 204 Å². The van der Waals surface area contributed by atoms with Crippen molar-refractivity contribution >= 4 is 34.0 Å². The lowest BCUT2D eigenvalue weighted by Gasteiger charge is -2.29. The van der Waals surface area contributed by atoms with Crippen LogP contribution in [0.1, 0.15) is 64.2 Å². The zero-order chi connectivity index (χ0) is 25.2. The SMILES string of the molecule is NC(=O)OC1CCCCCC=CC2CC2(C(=O)NS(=O)(=O)NC2CC2)NC(=O)C2CCCN2C1=O. The summed E-state index contributed by atoms with van der Waals surface area (Å²) in [5, 5.41) is 2.76. The van der Waals surface area contributed by atoms with Crippen LogP contribution in [0.15, 0.2) is 12.2 Å². The number of carbonyl (C=O) groups excluding carboxylic acids is 4. The molecule has 2 aliphatic heterocycles. The van der Waals surface area contributed by atoms with Crippen molar-refractivity contribution in [2.75, 3.05) is 6.54 Å². The third-order valence-corrected chi connectivity index (χ3v) is 8.07. The molecule has 0 radical (unpaired) electrons. The fourth-order valence-electron chi connectivity index (χ4n) is 4.84.